The molecule has 0 spiro atoms. The average molecular weight is 282 g/mol. The molecule has 1 heterocycles. The van der Waals surface area contributed by atoms with E-state index in [9.17, 15) is 20.0 Å². The first-order chi connectivity index (χ1) is 9.56. The monoisotopic (exact) mass is 282 g/mol. The number of amides is 1. The lowest BCUT2D eigenvalue weighted by molar-refractivity contribution is -0.389. The molecule has 1 aliphatic carbocycles. The van der Waals surface area contributed by atoms with Crippen molar-refractivity contribution in [2.45, 2.75) is 50.8 Å². The lowest BCUT2D eigenvalue weighted by Crippen LogP contribution is -2.45. The van der Waals surface area contributed by atoms with Gasteiger partial charge in [-0.25, -0.2) is 0 Å². The number of nitrogens with zero attached hydrogens (tertiary/aromatic N) is 3. The number of hydrogen-bond acceptors (Lipinski definition) is 5. The topological polar surface area (TPSA) is 110 Å². The number of nitrogens with one attached hydrogen (secondary N) is 1. The Morgan fingerprint density at radius 2 is 2.30 bits per heavy atom. The van der Waals surface area contributed by atoms with Crippen molar-refractivity contribution in [2.24, 2.45) is 0 Å². The summed E-state index contributed by atoms with van der Waals surface area (Å²) < 4.78 is 1.51. The van der Waals surface area contributed by atoms with Gasteiger partial charge in [0.2, 0.25) is 12.2 Å². The van der Waals surface area contributed by atoms with E-state index in [4.69, 9.17) is 0 Å². The van der Waals surface area contributed by atoms with E-state index in [1.165, 1.54) is 17.1 Å². The molecule has 1 saturated carbocycles. The molecule has 1 aromatic heterocycles. The smallest absolute Gasteiger partial charge is 0.381 e. The van der Waals surface area contributed by atoms with E-state index in [2.05, 4.69) is 10.3 Å². The SMILES string of the molecule is O=C(CCn1cnc([N+](=O)[O-])c1)N[C@H]1CCCC[C@@H]1O. The van der Waals surface area contributed by atoms with Gasteiger partial charge in [0.15, 0.2) is 0 Å². The van der Waals surface area contributed by atoms with Gasteiger partial charge in [0.05, 0.1) is 12.1 Å². The highest BCUT2D eigenvalue weighted by molar-refractivity contribution is 5.76. The molecule has 0 radical (unpaired) electrons. The number of aliphatic hydroxyl groups excluding tert-OH is 1. The van der Waals surface area contributed by atoms with Crippen molar-refractivity contribution >= 4 is 11.7 Å². The van der Waals surface area contributed by atoms with Crippen LogP contribution < -0.4 is 5.32 Å². The van der Waals surface area contributed by atoms with Gasteiger partial charge in [-0.05, 0) is 22.7 Å². The van der Waals surface area contributed by atoms with Gasteiger partial charge in [-0.15, -0.1) is 0 Å². The van der Waals surface area contributed by atoms with Crippen LogP contribution in [0.3, 0.4) is 0 Å². The number of nitro groups is 1. The lowest BCUT2D eigenvalue weighted by Gasteiger charge is -2.28. The quantitative estimate of drug-likeness (QED) is 0.607. The van der Waals surface area contributed by atoms with E-state index in [-0.39, 0.29) is 24.2 Å². The summed E-state index contributed by atoms with van der Waals surface area (Å²) in [6.45, 7) is 0.329. The number of carbonyl (C=O) groups is 1. The van der Waals surface area contributed by atoms with Crippen LogP contribution in [-0.4, -0.2) is 37.6 Å². The second kappa shape index (κ2) is 6.47. The molecule has 1 fully saturated rings. The van der Waals surface area contributed by atoms with E-state index in [0.29, 0.717) is 6.54 Å². The third-order valence-electron chi connectivity index (χ3n) is 3.48. The lowest BCUT2D eigenvalue weighted by atomic mass is 9.92. The van der Waals surface area contributed by atoms with Gasteiger partial charge in [-0.1, -0.05) is 12.8 Å². The Hall–Kier alpha value is -1.96. The van der Waals surface area contributed by atoms with E-state index >= 15 is 0 Å². The minimum Gasteiger partial charge on any atom is -0.391 e. The average Bonchev–Trinajstić information content (AvgIpc) is 2.88. The summed E-state index contributed by atoms with van der Waals surface area (Å²) in [5.74, 6) is -0.389. The Labute approximate surface area is 116 Å². The van der Waals surface area contributed by atoms with Gasteiger partial charge in [-0.3, -0.25) is 4.79 Å². The van der Waals surface area contributed by atoms with Gasteiger partial charge in [0.1, 0.15) is 6.20 Å². The highest BCUT2D eigenvalue weighted by Crippen LogP contribution is 2.18. The standard InChI is InChI=1S/C12H18N4O4/c17-10-4-2-1-3-9(10)14-12(18)5-6-15-7-11(13-8-15)16(19)20/h7-10,17H,1-6H2,(H,14,18)/t9-,10-/m0/s1. The molecule has 20 heavy (non-hydrogen) atoms. The fourth-order valence-electron chi connectivity index (χ4n) is 2.35. The Morgan fingerprint density at radius 3 is 2.95 bits per heavy atom. The van der Waals surface area contributed by atoms with Crippen molar-refractivity contribution in [3.63, 3.8) is 0 Å². The van der Waals surface area contributed by atoms with Gasteiger partial charge in [-0.2, -0.15) is 0 Å². The van der Waals surface area contributed by atoms with Gasteiger partial charge >= 0.3 is 5.82 Å². The van der Waals surface area contributed by atoms with Crippen LogP contribution in [-0.2, 0) is 11.3 Å². The molecule has 8 nitrogen and oxygen atoms in total. The molecule has 1 aliphatic rings. The third-order valence-corrected chi connectivity index (χ3v) is 3.48. The molecular weight excluding hydrogens is 264 g/mol. The number of rotatable bonds is 5. The van der Waals surface area contributed by atoms with E-state index < -0.39 is 11.0 Å². The molecule has 110 valence electrons. The Morgan fingerprint density at radius 1 is 1.55 bits per heavy atom. The predicted molar refractivity (Wildman–Crippen MR) is 69.9 cm³/mol. The largest absolute Gasteiger partial charge is 0.391 e. The van der Waals surface area contributed by atoms with E-state index in [1.807, 2.05) is 0 Å². The minimum absolute atomic E-state index is 0.160. The second-order valence-corrected chi connectivity index (χ2v) is 5.00. The first kappa shape index (κ1) is 14.4. The Bertz CT molecular complexity index is 488. The van der Waals surface area contributed by atoms with Crippen LogP contribution >= 0.6 is 0 Å². The normalized spacial score (nSPS) is 22.4. The Balaban J connectivity index is 1.78. The van der Waals surface area contributed by atoms with Crippen molar-refractivity contribution in [3.05, 3.63) is 22.6 Å². The molecule has 0 saturated heterocycles. The number of aliphatic hydroxyl groups is 1. The first-order valence-electron chi connectivity index (χ1n) is 6.70. The van der Waals surface area contributed by atoms with Crippen molar-refractivity contribution in [1.82, 2.24) is 14.9 Å². The molecule has 0 bridgehead atoms. The van der Waals surface area contributed by atoms with Crippen molar-refractivity contribution in [3.8, 4) is 0 Å². The summed E-state index contributed by atoms with van der Waals surface area (Å²) in [7, 11) is 0. The highest BCUT2D eigenvalue weighted by atomic mass is 16.6. The van der Waals surface area contributed by atoms with Crippen LogP contribution in [0.2, 0.25) is 0 Å². The first-order valence-corrected chi connectivity index (χ1v) is 6.70. The zero-order chi connectivity index (χ0) is 14.5. The molecule has 0 unspecified atom stereocenters. The number of aryl methyl sites for hydroxylation is 1. The third kappa shape index (κ3) is 3.77. The fraction of sp³-hybridized carbons (Fsp3) is 0.667. The van der Waals surface area contributed by atoms with Crippen LogP contribution in [0.4, 0.5) is 5.82 Å². The maximum atomic E-state index is 11.8. The zero-order valence-corrected chi connectivity index (χ0v) is 11.1. The zero-order valence-electron chi connectivity index (χ0n) is 11.1. The van der Waals surface area contributed by atoms with Gasteiger partial charge in [0.25, 0.3) is 0 Å². The summed E-state index contributed by atoms with van der Waals surface area (Å²) in [5, 5.41) is 23.0. The highest BCUT2D eigenvalue weighted by Gasteiger charge is 2.24. The summed E-state index contributed by atoms with van der Waals surface area (Å²) >= 11 is 0. The Kier molecular flexibility index (Phi) is 4.67. The van der Waals surface area contributed by atoms with Crippen LogP contribution in [0.1, 0.15) is 32.1 Å². The van der Waals surface area contributed by atoms with Crippen molar-refractivity contribution in [1.29, 1.82) is 0 Å². The summed E-state index contributed by atoms with van der Waals surface area (Å²) in [5.41, 5.74) is 0. The molecule has 2 N–H and O–H groups in total. The molecule has 0 aliphatic heterocycles. The van der Waals surface area contributed by atoms with Crippen molar-refractivity contribution in [2.75, 3.05) is 0 Å². The number of hydrogen-bond donors (Lipinski definition) is 2. The van der Waals surface area contributed by atoms with Crippen LogP contribution in [0.5, 0.6) is 0 Å². The van der Waals surface area contributed by atoms with Crippen LogP contribution in [0.25, 0.3) is 0 Å². The fourth-order valence-corrected chi connectivity index (χ4v) is 2.35. The van der Waals surface area contributed by atoms with Crippen LogP contribution in [0, 0.1) is 10.1 Å². The molecule has 2 atom stereocenters. The molecular formula is C12H18N4O4. The predicted octanol–water partition coefficient (Wildman–Crippen LogP) is 0.601. The molecule has 1 amide bonds. The van der Waals surface area contributed by atoms with Crippen LogP contribution in [0.15, 0.2) is 12.5 Å². The number of imidazole rings is 1. The maximum Gasteiger partial charge on any atom is 0.381 e. The number of carbonyl (C=O) groups excluding carboxylic acids is 1. The summed E-state index contributed by atoms with van der Waals surface area (Å²) in [6, 6.07) is -0.173. The second-order valence-electron chi connectivity index (χ2n) is 5.00. The summed E-state index contributed by atoms with van der Waals surface area (Å²) in [6.07, 6.45) is 5.88. The number of aromatic nitrogens is 2. The van der Waals surface area contributed by atoms with Gasteiger partial charge in [0, 0.05) is 13.0 Å². The maximum absolute atomic E-state index is 11.8. The minimum atomic E-state index is -0.574. The molecule has 8 heteroatoms. The molecule has 2 rings (SSSR count). The molecule has 0 aromatic carbocycles. The van der Waals surface area contributed by atoms with Crippen molar-refractivity contribution < 1.29 is 14.8 Å². The van der Waals surface area contributed by atoms with E-state index in [1.54, 1.807) is 0 Å². The van der Waals surface area contributed by atoms with Gasteiger partial charge < -0.3 is 25.1 Å². The molecule has 1 aromatic rings. The van der Waals surface area contributed by atoms with E-state index in [0.717, 1.165) is 25.7 Å². The summed E-state index contributed by atoms with van der Waals surface area (Å²) in [4.78, 5) is 25.3.